The molecule has 3 heterocycles. The summed E-state index contributed by atoms with van der Waals surface area (Å²) in [6.45, 7) is 2.59. The maximum Gasteiger partial charge on any atom is 0.332 e. The van der Waals surface area contributed by atoms with Gasteiger partial charge in [-0.2, -0.15) is 0 Å². The first-order valence-electron chi connectivity index (χ1n) is 7.81. The summed E-state index contributed by atoms with van der Waals surface area (Å²) in [6, 6.07) is 4.61. The third-order valence-corrected chi connectivity index (χ3v) is 4.44. The minimum Gasteiger partial charge on any atom is -0.350 e. The topological polar surface area (TPSA) is 108 Å². The van der Waals surface area contributed by atoms with Crippen molar-refractivity contribution >= 4 is 17.3 Å². The maximum absolute atomic E-state index is 12.1. The van der Waals surface area contributed by atoms with E-state index in [2.05, 4.69) is 9.88 Å². The van der Waals surface area contributed by atoms with Crippen molar-refractivity contribution in [3.05, 3.63) is 55.3 Å². The van der Waals surface area contributed by atoms with Crippen molar-refractivity contribution in [3.63, 3.8) is 0 Å². The second-order valence-corrected chi connectivity index (χ2v) is 5.90. The lowest BCUT2D eigenvalue weighted by Gasteiger charge is -2.33. The third-order valence-electron chi connectivity index (χ3n) is 4.44. The number of hydrogen-bond acceptors (Lipinski definition) is 6. The van der Waals surface area contributed by atoms with Crippen LogP contribution in [-0.4, -0.2) is 40.2 Å². The van der Waals surface area contributed by atoms with Crippen LogP contribution >= 0.6 is 0 Å². The van der Waals surface area contributed by atoms with Gasteiger partial charge in [0, 0.05) is 32.3 Å². The van der Waals surface area contributed by atoms with Gasteiger partial charge >= 0.3 is 11.4 Å². The number of aromatic amines is 1. The van der Waals surface area contributed by atoms with Crippen molar-refractivity contribution in [2.24, 2.45) is 14.1 Å². The number of rotatable bonds is 3. The SMILES string of the molecule is Cn1c(N2CCN(c3ccc([N+](=O)[O-])c[nH+]3)CC2)cc(=O)n(C)c1=O. The summed E-state index contributed by atoms with van der Waals surface area (Å²) in [6.07, 6.45) is 1.37. The predicted octanol–water partition coefficient (Wildman–Crippen LogP) is -0.867. The molecule has 132 valence electrons. The first kappa shape index (κ1) is 16.7. The van der Waals surface area contributed by atoms with Crippen LogP contribution in [0, 0.1) is 10.1 Å². The van der Waals surface area contributed by atoms with Gasteiger partial charge in [-0.15, -0.1) is 0 Å². The summed E-state index contributed by atoms with van der Waals surface area (Å²) < 4.78 is 2.54. The largest absolute Gasteiger partial charge is 0.350 e. The number of anilines is 2. The quantitative estimate of drug-likeness (QED) is 0.528. The van der Waals surface area contributed by atoms with E-state index in [0.29, 0.717) is 32.0 Å². The molecule has 0 atom stereocenters. The average Bonchev–Trinajstić information content (AvgIpc) is 2.63. The lowest BCUT2D eigenvalue weighted by Crippen LogP contribution is -2.50. The van der Waals surface area contributed by atoms with Crippen LogP contribution in [0.1, 0.15) is 0 Å². The molecule has 25 heavy (non-hydrogen) atoms. The Morgan fingerprint density at radius 3 is 2.24 bits per heavy atom. The second kappa shape index (κ2) is 6.38. The summed E-state index contributed by atoms with van der Waals surface area (Å²) in [5.41, 5.74) is -0.671. The minimum absolute atomic E-state index is 0.0116. The van der Waals surface area contributed by atoms with Gasteiger partial charge in [-0.05, 0) is 0 Å². The maximum atomic E-state index is 12.1. The van der Waals surface area contributed by atoms with Gasteiger partial charge in [0.15, 0.2) is 6.20 Å². The van der Waals surface area contributed by atoms with Crippen molar-refractivity contribution in [2.45, 2.75) is 0 Å². The van der Waals surface area contributed by atoms with Crippen molar-refractivity contribution in [3.8, 4) is 0 Å². The number of nitrogens with zero attached hydrogens (tertiary/aromatic N) is 5. The molecule has 1 aliphatic rings. The second-order valence-electron chi connectivity index (χ2n) is 5.90. The molecule has 0 aliphatic carbocycles. The lowest BCUT2D eigenvalue weighted by molar-refractivity contribution is -0.414. The van der Waals surface area contributed by atoms with E-state index in [0.717, 1.165) is 10.4 Å². The van der Waals surface area contributed by atoms with Gasteiger partial charge in [-0.3, -0.25) is 28.9 Å². The molecule has 0 aromatic carbocycles. The molecule has 2 aromatic heterocycles. The highest BCUT2D eigenvalue weighted by Crippen LogP contribution is 2.17. The molecule has 0 saturated carbocycles. The lowest BCUT2D eigenvalue weighted by atomic mass is 10.3. The third kappa shape index (κ3) is 3.10. The molecule has 0 spiro atoms. The summed E-state index contributed by atoms with van der Waals surface area (Å²) in [7, 11) is 3.10. The molecular weight excluding hydrogens is 328 g/mol. The molecule has 1 saturated heterocycles. The predicted molar refractivity (Wildman–Crippen MR) is 91.0 cm³/mol. The van der Waals surface area contributed by atoms with Gasteiger partial charge < -0.3 is 4.90 Å². The van der Waals surface area contributed by atoms with Crippen LogP contribution < -0.4 is 26.0 Å². The Hall–Kier alpha value is -3.17. The van der Waals surface area contributed by atoms with Crippen LogP contribution in [0.2, 0.25) is 0 Å². The van der Waals surface area contributed by atoms with Gasteiger partial charge in [0.1, 0.15) is 18.9 Å². The number of nitrogens with one attached hydrogen (secondary N) is 1. The molecular formula is C15H19N6O4+. The van der Waals surface area contributed by atoms with Crippen LogP contribution in [0.4, 0.5) is 17.3 Å². The van der Waals surface area contributed by atoms with E-state index in [1.54, 1.807) is 13.1 Å². The zero-order chi connectivity index (χ0) is 18.1. The van der Waals surface area contributed by atoms with Crippen molar-refractivity contribution in [1.29, 1.82) is 0 Å². The Bertz CT molecular complexity index is 909. The van der Waals surface area contributed by atoms with E-state index in [9.17, 15) is 19.7 Å². The highest BCUT2D eigenvalue weighted by molar-refractivity contribution is 5.44. The van der Waals surface area contributed by atoms with Crippen molar-refractivity contribution < 1.29 is 9.91 Å². The summed E-state index contributed by atoms with van der Waals surface area (Å²) in [4.78, 5) is 41.2. The molecule has 1 fully saturated rings. The molecule has 0 radical (unpaired) electrons. The van der Waals surface area contributed by atoms with Crippen molar-refractivity contribution in [2.75, 3.05) is 36.0 Å². The van der Waals surface area contributed by atoms with Gasteiger partial charge in [0.05, 0.1) is 18.0 Å². The monoisotopic (exact) mass is 347 g/mol. The molecule has 0 bridgehead atoms. The highest BCUT2D eigenvalue weighted by Gasteiger charge is 2.25. The number of H-pyrrole nitrogens is 1. The molecule has 1 aliphatic heterocycles. The average molecular weight is 347 g/mol. The number of nitro groups is 1. The van der Waals surface area contributed by atoms with Crippen LogP contribution in [0.3, 0.4) is 0 Å². The smallest absolute Gasteiger partial charge is 0.332 e. The van der Waals surface area contributed by atoms with E-state index >= 15 is 0 Å². The number of piperazine rings is 1. The van der Waals surface area contributed by atoms with E-state index in [-0.39, 0.29) is 16.9 Å². The molecule has 10 nitrogen and oxygen atoms in total. The first-order valence-corrected chi connectivity index (χ1v) is 7.81. The first-order chi connectivity index (χ1) is 11.9. The fourth-order valence-electron chi connectivity index (χ4n) is 2.92. The van der Waals surface area contributed by atoms with Crippen LogP contribution in [0.15, 0.2) is 34.0 Å². The van der Waals surface area contributed by atoms with E-state index < -0.39 is 4.92 Å². The number of pyridine rings is 1. The van der Waals surface area contributed by atoms with Crippen LogP contribution in [0.5, 0.6) is 0 Å². The zero-order valence-electron chi connectivity index (χ0n) is 14.0. The van der Waals surface area contributed by atoms with E-state index in [1.807, 2.05) is 4.90 Å². The summed E-state index contributed by atoms with van der Waals surface area (Å²) >= 11 is 0. The Balaban J connectivity index is 1.75. The van der Waals surface area contributed by atoms with Gasteiger partial charge in [-0.1, -0.05) is 0 Å². The van der Waals surface area contributed by atoms with Crippen molar-refractivity contribution in [1.82, 2.24) is 9.13 Å². The summed E-state index contributed by atoms with van der Waals surface area (Å²) in [5, 5.41) is 10.7. The Morgan fingerprint density at radius 2 is 1.68 bits per heavy atom. The Kier molecular flexibility index (Phi) is 4.26. The standard InChI is InChI=1S/C15H18N6O4/c1-17-13(9-14(22)18(2)15(17)23)20-7-5-19(6-8-20)12-4-3-11(10-16-12)21(24)25/h3-4,9-10H,5-8H2,1-2H3/p+1. The molecule has 0 unspecified atom stereocenters. The van der Waals surface area contributed by atoms with Gasteiger partial charge in [-0.25, -0.2) is 9.78 Å². The molecule has 1 N–H and O–H groups in total. The van der Waals surface area contributed by atoms with E-state index in [1.165, 1.54) is 29.9 Å². The van der Waals surface area contributed by atoms with Crippen LogP contribution in [0.25, 0.3) is 0 Å². The molecule has 10 heteroatoms. The Labute approximate surface area is 142 Å². The number of aromatic nitrogens is 3. The highest BCUT2D eigenvalue weighted by atomic mass is 16.6. The fraction of sp³-hybridized carbons (Fsp3) is 0.400. The Morgan fingerprint density at radius 1 is 1.04 bits per heavy atom. The normalized spacial score (nSPS) is 14.6. The zero-order valence-corrected chi connectivity index (χ0v) is 14.0. The van der Waals surface area contributed by atoms with Gasteiger partial charge in [0.2, 0.25) is 0 Å². The number of hydrogen-bond donors (Lipinski definition) is 0. The van der Waals surface area contributed by atoms with Crippen LogP contribution in [-0.2, 0) is 14.1 Å². The van der Waals surface area contributed by atoms with E-state index in [4.69, 9.17) is 0 Å². The summed E-state index contributed by atoms with van der Waals surface area (Å²) in [5.74, 6) is 1.39. The van der Waals surface area contributed by atoms with Gasteiger partial charge in [0.25, 0.3) is 11.4 Å². The molecule has 3 rings (SSSR count). The molecule has 0 amide bonds. The fourth-order valence-corrected chi connectivity index (χ4v) is 2.92. The molecule has 2 aromatic rings. The minimum atomic E-state index is -0.450.